The molecular weight excluding hydrogens is 220 g/mol. The number of nitrogens with two attached hydrogens (primary N) is 1. The van der Waals surface area contributed by atoms with Gasteiger partial charge in [-0.25, -0.2) is 4.98 Å². The van der Waals surface area contributed by atoms with Gasteiger partial charge in [0, 0.05) is 6.54 Å². The van der Waals surface area contributed by atoms with Crippen molar-refractivity contribution in [2.75, 3.05) is 25.5 Å². The summed E-state index contributed by atoms with van der Waals surface area (Å²) >= 11 is 0. The normalized spacial score (nSPS) is 16.6. The predicted molar refractivity (Wildman–Crippen MR) is 65.2 cm³/mol. The van der Waals surface area contributed by atoms with Gasteiger partial charge in [-0.1, -0.05) is 0 Å². The van der Waals surface area contributed by atoms with E-state index in [1.165, 1.54) is 26.3 Å². The van der Waals surface area contributed by atoms with E-state index >= 15 is 0 Å². The molecule has 2 rings (SSSR count). The first kappa shape index (κ1) is 11.9. The molecule has 0 aromatic carbocycles. The minimum Gasteiger partial charge on any atom is -0.489 e. The Hall–Kier alpha value is -1.56. The third-order valence-corrected chi connectivity index (χ3v) is 3.28. The summed E-state index contributed by atoms with van der Waals surface area (Å²) in [5, 5.41) is 3.18. The second-order valence-corrected chi connectivity index (χ2v) is 4.51. The van der Waals surface area contributed by atoms with Gasteiger partial charge in [0.25, 0.3) is 5.56 Å². The first-order chi connectivity index (χ1) is 8.21. The predicted octanol–water partition coefficient (Wildman–Crippen LogP) is 0.319. The Morgan fingerprint density at radius 3 is 3.00 bits per heavy atom. The Morgan fingerprint density at radius 1 is 1.65 bits per heavy atom. The van der Waals surface area contributed by atoms with Gasteiger partial charge in [-0.3, -0.25) is 4.79 Å². The van der Waals surface area contributed by atoms with Gasteiger partial charge < -0.3 is 20.8 Å². The summed E-state index contributed by atoms with van der Waals surface area (Å²) in [6.45, 7) is 1.48. The maximum atomic E-state index is 11.5. The highest BCUT2D eigenvalue weighted by Crippen LogP contribution is 2.48. The number of hydrogen-bond acceptors (Lipinski definition) is 5. The number of hydrogen-bond donors (Lipinski definition) is 3. The van der Waals surface area contributed by atoms with Crippen molar-refractivity contribution in [2.24, 2.45) is 11.1 Å². The maximum Gasteiger partial charge on any atom is 0.295 e. The molecule has 1 saturated carbocycles. The highest BCUT2D eigenvalue weighted by atomic mass is 16.5. The number of H-pyrrole nitrogens is 1. The standard InChI is InChI=1S/C11H18N4O2/c1-17-8-9(14-7-15-10(8)16)13-6-11(2-3-11)4-5-12/h7H,2-6,12H2,1H3,(H2,13,14,15,16). The highest BCUT2D eigenvalue weighted by Gasteiger charge is 2.41. The maximum absolute atomic E-state index is 11.5. The number of methoxy groups -OCH3 is 1. The van der Waals surface area contributed by atoms with Gasteiger partial charge in [-0.15, -0.1) is 0 Å². The van der Waals surface area contributed by atoms with E-state index in [-0.39, 0.29) is 11.3 Å². The number of nitrogens with one attached hydrogen (secondary N) is 2. The lowest BCUT2D eigenvalue weighted by Gasteiger charge is -2.16. The van der Waals surface area contributed by atoms with Crippen LogP contribution in [0, 0.1) is 5.41 Å². The van der Waals surface area contributed by atoms with Crippen molar-refractivity contribution < 1.29 is 4.74 Å². The van der Waals surface area contributed by atoms with Gasteiger partial charge in [0.15, 0.2) is 5.82 Å². The first-order valence-electron chi connectivity index (χ1n) is 5.76. The molecule has 94 valence electrons. The molecule has 6 heteroatoms. The quantitative estimate of drug-likeness (QED) is 0.663. The van der Waals surface area contributed by atoms with Crippen molar-refractivity contribution in [3.05, 3.63) is 16.7 Å². The molecule has 0 spiro atoms. The van der Waals surface area contributed by atoms with Crippen molar-refractivity contribution in [1.82, 2.24) is 9.97 Å². The van der Waals surface area contributed by atoms with Crippen molar-refractivity contribution in [2.45, 2.75) is 19.3 Å². The van der Waals surface area contributed by atoms with E-state index in [0.29, 0.717) is 17.8 Å². The molecule has 0 unspecified atom stereocenters. The molecule has 0 radical (unpaired) electrons. The van der Waals surface area contributed by atoms with Crippen molar-refractivity contribution in [1.29, 1.82) is 0 Å². The fourth-order valence-corrected chi connectivity index (χ4v) is 1.97. The first-order valence-corrected chi connectivity index (χ1v) is 5.76. The molecule has 1 aromatic rings. The number of nitrogens with zero attached hydrogens (tertiary/aromatic N) is 1. The van der Waals surface area contributed by atoms with E-state index in [1.807, 2.05) is 0 Å². The number of rotatable bonds is 6. The molecule has 0 aliphatic heterocycles. The summed E-state index contributed by atoms with van der Waals surface area (Å²) in [5.74, 6) is 0.732. The van der Waals surface area contributed by atoms with E-state index in [1.54, 1.807) is 0 Å². The summed E-state index contributed by atoms with van der Waals surface area (Å²) in [6, 6.07) is 0. The number of aromatic amines is 1. The van der Waals surface area contributed by atoms with E-state index in [0.717, 1.165) is 13.0 Å². The molecule has 0 atom stereocenters. The lowest BCUT2D eigenvalue weighted by atomic mass is 10.0. The fraction of sp³-hybridized carbons (Fsp3) is 0.636. The van der Waals surface area contributed by atoms with Crippen LogP contribution >= 0.6 is 0 Å². The third-order valence-electron chi connectivity index (χ3n) is 3.28. The van der Waals surface area contributed by atoms with Gasteiger partial charge >= 0.3 is 0 Å². The van der Waals surface area contributed by atoms with Crippen molar-refractivity contribution in [3.8, 4) is 5.75 Å². The second kappa shape index (κ2) is 4.75. The average Bonchev–Trinajstić information content (AvgIpc) is 3.07. The molecule has 1 aromatic heterocycles. The monoisotopic (exact) mass is 238 g/mol. The van der Waals surface area contributed by atoms with Gasteiger partial charge in [0.05, 0.1) is 13.4 Å². The van der Waals surface area contributed by atoms with Crippen LogP contribution in [0.5, 0.6) is 5.75 Å². The molecule has 1 aliphatic carbocycles. The number of anilines is 1. The zero-order chi connectivity index (χ0) is 12.3. The summed E-state index contributed by atoms with van der Waals surface area (Å²) < 4.78 is 5.03. The molecular formula is C11H18N4O2. The lowest BCUT2D eigenvalue weighted by Crippen LogP contribution is -2.21. The zero-order valence-corrected chi connectivity index (χ0v) is 9.95. The average molecular weight is 238 g/mol. The Morgan fingerprint density at radius 2 is 2.41 bits per heavy atom. The van der Waals surface area contributed by atoms with Crippen LogP contribution in [0.1, 0.15) is 19.3 Å². The van der Waals surface area contributed by atoms with Crippen LogP contribution in [0.2, 0.25) is 0 Å². The van der Waals surface area contributed by atoms with Crippen LogP contribution in [0.4, 0.5) is 5.82 Å². The Kier molecular flexibility index (Phi) is 3.33. The van der Waals surface area contributed by atoms with Crippen LogP contribution < -0.4 is 21.3 Å². The fourth-order valence-electron chi connectivity index (χ4n) is 1.97. The van der Waals surface area contributed by atoms with Crippen molar-refractivity contribution >= 4 is 5.82 Å². The van der Waals surface area contributed by atoms with E-state index in [4.69, 9.17) is 10.5 Å². The molecule has 1 fully saturated rings. The highest BCUT2D eigenvalue weighted by molar-refractivity contribution is 5.48. The lowest BCUT2D eigenvalue weighted by molar-refractivity contribution is 0.407. The molecule has 1 aliphatic rings. The van der Waals surface area contributed by atoms with Crippen molar-refractivity contribution in [3.63, 3.8) is 0 Å². The molecule has 1 heterocycles. The molecule has 17 heavy (non-hydrogen) atoms. The minimum absolute atomic E-state index is 0.232. The molecule has 0 bridgehead atoms. The van der Waals surface area contributed by atoms with Gasteiger partial charge in [-0.05, 0) is 31.2 Å². The Bertz CT molecular complexity index is 439. The van der Waals surface area contributed by atoms with Crippen LogP contribution in [-0.2, 0) is 0 Å². The van der Waals surface area contributed by atoms with E-state index < -0.39 is 0 Å². The van der Waals surface area contributed by atoms with Gasteiger partial charge in [-0.2, -0.15) is 0 Å². The molecule has 0 saturated heterocycles. The topological polar surface area (TPSA) is 93.0 Å². The summed E-state index contributed by atoms with van der Waals surface area (Å²) in [4.78, 5) is 18.0. The SMILES string of the molecule is COc1c(NCC2(CCN)CC2)nc[nH]c1=O. The molecule has 4 N–H and O–H groups in total. The summed E-state index contributed by atoms with van der Waals surface area (Å²) in [7, 11) is 1.46. The van der Waals surface area contributed by atoms with Gasteiger partial charge in [0.2, 0.25) is 5.75 Å². The molecule has 6 nitrogen and oxygen atoms in total. The number of aromatic nitrogens is 2. The Labute approximate surface area is 99.6 Å². The summed E-state index contributed by atoms with van der Waals surface area (Å²) in [6.07, 6.45) is 4.74. The van der Waals surface area contributed by atoms with Crippen LogP contribution in [0.25, 0.3) is 0 Å². The zero-order valence-electron chi connectivity index (χ0n) is 9.95. The third kappa shape index (κ3) is 2.58. The van der Waals surface area contributed by atoms with Crippen LogP contribution in [0.3, 0.4) is 0 Å². The van der Waals surface area contributed by atoms with Gasteiger partial charge in [0.1, 0.15) is 0 Å². The van der Waals surface area contributed by atoms with Crippen LogP contribution in [-0.4, -0.2) is 30.2 Å². The van der Waals surface area contributed by atoms with Crippen LogP contribution in [0.15, 0.2) is 11.1 Å². The van der Waals surface area contributed by atoms with E-state index in [2.05, 4.69) is 15.3 Å². The minimum atomic E-state index is -0.270. The number of ether oxygens (including phenoxy) is 1. The smallest absolute Gasteiger partial charge is 0.295 e. The van der Waals surface area contributed by atoms with E-state index in [9.17, 15) is 4.79 Å². The largest absolute Gasteiger partial charge is 0.489 e. The second-order valence-electron chi connectivity index (χ2n) is 4.51. The summed E-state index contributed by atoms with van der Waals surface area (Å²) in [5.41, 5.74) is 5.61. The Balaban J connectivity index is 2.04. The molecule has 0 amide bonds.